The van der Waals surface area contributed by atoms with Crippen molar-refractivity contribution in [1.82, 2.24) is 0 Å². The maximum absolute atomic E-state index is 2.42. The van der Waals surface area contributed by atoms with Crippen LogP contribution in [0.25, 0.3) is 0 Å². The second kappa shape index (κ2) is 4.55. The van der Waals surface area contributed by atoms with Gasteiger partial charge in [0, 0.05) is 0 Å². The summed E-state index contributed by atoms with van der Waals surface area (Å²) in [5.74, 6) is 4.37. The Morgan fingerprint density at radius 3 is 2.33 bits per heavy atom. The molecular weight excluding hydrogens is 180 g/mol. The van der Waals surface area contributed by atoms with E-state index in [9.17, 15) is 0 Å². The second-order valence-corrected chi connectivity index (χ2v) is 5.84. The SMILES string of the molecule is CC(C)[C@@H]1CC[C@@H](C)C[C@@H]1C1C=CC=C1. The lowest BCUT2D eigenvalue weighted by Gasteiger charge is -2.39. The summed E-state index contributed by atoms with van der Waals surface area (Å²) >= 11 is 0. The van der Waals surface area contributed by atoms with E-state index < -0.39 is 0 Å². The average molecular weight is 204 g/mol. The largest absolute Gasteiger partial charge is 0.0773 e. The molecular formula is C15H24. The predicted molar refractivity (Wildman–Crippen MR) is 66.6 cm³/mol. The fourth-order valence-electron chi connectivity index (χ4n) is 3.45. The van der Waals surface area contributed by atoms with E-state index in [1.54, 1.807) is 0 Å². The van der Waals surface area contributed by atoms with E-state index in [4.69, 9.17) is 0 Å². The number of rotatable bonds is 2. The van der Waals surface area contributed by atoms with Crippen molar-refractivity contribution >= 4 is 0 Å². The van der Waals surface area contributed by atoms with E-state index in [-0.39, 0.29) is 0 Å². The van der Waals surface area contributed by atoms with E-state index in [0.717, 1.165) is 29.6 Å². The Morgan fingerprint density at radius 1 is 1.07 bits per heavy atom. The molecule has 2 aliphatic carbocycles. The standard InChI is InChI=1S/C15H24/c1-11(2)14-9-8-12(3)10-15(14)13-6-4-5-7-13/h4-7,11-15H,8-10H2,1-3H3/t12-,14+,15-/m1/s1. The van der Waals surface area contributed by atoms with E-state index in [2.05, 4.69) is 45.1 Å². The number of hydrogen-bond acceptors (Lipinski definition) is 0. The molecule has 2 rings (SSSR count). The van der Waals surface area contributed by atoms with Gasteiger partial charge in [-0.3, -0.25) is 0 Å². The molecule has 2 aliphatic rings. The fourth-order valence-corrected chi connectivity index (χ4v) is 3.45. The van der Waals surface area contributed by atoms with Gasteiger partial charge < -0.3 is 0 Å². The summed E-state index contributed by atoms with van der Waals surface area (Å²) in [6, 6.07) is 0. The molecule has 0 spiro atoms. The van der Waals surface area contributed by atoms with Crippen LogP contribution in [0.2, 0.25) is 0 Å². The summed E-state index contributed by atoms with van der Waals surface area (Å²) in [5.41, 5.74) is 0. The van der Waals surface area contributed by atoms with Gasteiger partial charge in [0.2, 0.25) is 0 Å². The van der Waals surface area contributed by atoms with Gasteiger partial charge in [-0.2, -0.15) is 0 Å². The molecule has 0 aromatic heterocycles. The summed E-state index contributed by atoms with van der Waals surface area (Å²) in [5, 5.41) is 0. The molecule has 0 amide bonds. The Labute approximate surface area is 94.5 Å². The van der Waals surface area contributed by atoms with Crippen molar-refractivity contribution in [2.75, 3.05) is 0 Å². The van der Waals surface area contributed by atoms with Gasteiger partial charge in [-0.15, -0.1) is 0 Å². The third-order valence-electron chi connectivity index (χ3n) is 4.35. The first-order valence-electron chi connectivity index (χ1n) is 6.53. The van der Waals surface area contributed by atoms with Crippen LogP contribution in [0.3, 0.4) is 0 Å². The third-order valence-corrected chi connectivity index (χ3v) is 4.35. The Kier molecular flexibility index (Phi) is 3.33. The highest BCUT2D eigenvalue weighted by Crippen LogP contribution is 2.43. The molecule has 15 heavy (non-hydrogen) atoms. The molecule has 0 heterocycles. The van der Waals surface area contributed by atoms with E-state index in [1.807, 2.05) is 0 Å². The first-order chi connectivity index (χ1) is 7.18. The molecule has 0 N–H and O–H groups in total. The van der Waals surface area contributed by atoms with Gasteiger partial charge in [-0.1, -0.05) is 51.5 Å². The van der Waals surface area contributed by atoms with E-state index >= 15 is 0 Å². The number of hydrogen-bond donors (Lipinski definition) is 0. The van der Waals surface area contributed by atoms with Crippen molar-refractivity contribution in [3.63, 3.8) is 0 Å². The van der Waals surface area contributed by atoms with E-state index in [1.165, 1.54) is 19.3 Å². The first-order valence-corrected chi connectivity index (χ1v) is 6.53. The third kappa shape index (κ3) is 2.35. The Hall–Kier alpha value is -0.520. The van der Waals surface area contributed by atoms with E-state index in [0.29, 0.717) is 0 Å². The molecule has 0 radical (unpaired) electrons. The van der Waals surface area contributed by atoms with Gasteiger partial charge in [-0.25, -0.2) is 0 Å². The topological polar surface area (TPSA) is 0 Å². The molecule has 0 heteroatoms. The summed E-state index contributed by atoms with van der Waals surface area (Å²) in [4.78, 5) is 0. The zero-order chi connectivity index (χ0) is 10.8. The highest BCUT2D eigenvalue weighted by atomic mass is 14.4. The second-order valence-electron chi connectivity index (χ2n) is 5.84. The van der Waals surface area contributed by atoms with Gasteiger partial charge >= 0.3 is 0 Å². The lowest BCUT2D eigenvalue weighted by molar-refractivity contribution is 0.125. The van der Waals surface area contributed by atoms with Crippen molar-refractivity contribution < 1.29 is 0 Å². The van der Waals surface area contributed by atoms with Crippen LogP contribution in [0.5, 0.6) is 0 Å². The normalized spacial score (nSPS) is 36.7. The molecule has 1 saturated carbocycles. The highest BCUT2D eigenvalue weighted by molar-refractivity contribution is 5.19. The minimum Gasteiger partial charge on any atom is -0.0773 e. The van der Waals surface area contributed by atoms with Crippen LogP contribution in [0, 0.1) is 29.6 Å². The molecule has 0 aliphatic heterocycles. The van der Waals surface area contributed by atoms with Crippen LogP contribution in [-0.2, 0) is 0 Å². The van der Waals surface area contributed by atoms with Gasteiger partial charge in [0.25, 0.3) is 0 Å². The summed E-state index contributed by atoms with van der Waals surface area (Å²) in [6.45, 7) is 7.22. The van der Waals surface area contributed by atoms with Gasteiger partial charge in [0.1, 0.15) is 0 Å². The van der Waals surface area contributed by atoms with Crippen LogP contribution < -0.4 is 0 Å². The average Bonchev–Trinajstić information content (AvgIpc) is 2.69. The van der Waals surface area contributed by atoms with Crippen LogP contribution in [0.15, 0.2) is 24.3 Å². The number of allylic oxidation sites excluding steroid dienone is 4. The Morgan fingerprint density at radius 2 is 1.73 bits per heavy atom. The van der Waals surface area contributed by atoms with Crippen molar-refractivity contribution in [1.29, 1.82) is 0 Å². The predicted octanol–water partition coefficient (Wildman–Crippen LogP) is 4.44. The van der Waals surface area contributed by atoms with Crippen LogP contribution in [-0.4, -0.2) is 0 Å². The molecule has 0 bridgehead atoms. The van der Waals surface area contributed by atoms with Crippen LogP contribution in [0.4, 0.5) is 0 Å². The minimum atomic E-state index is 0.736. The molecule has 0 aromatic carbocycles. The van der Waals surface area contributed by atoms with Crippen LogP contribution in [0.1, 0.15) is 40.0 Å². The Balaban J connectivity index is 2.09. The van der Waals surface area contributed by atoms with Crippen molar-refractivity contribution in [3.8, 4) is 0 Å². The van der Waals surface area contributed by atoms with Crippen LogP contribution >= 0.6 is 0 Å². The fraction of sp³-hybridized carbons (Fsp3) is 0.733. The maximum Gasteiger partial charge on any atom is -0.00161 e. The molecule has 0 unspecified atom stereocenters. The van der Waals surface area contributed by atoms with Crippen molar-refractivity contribution in [2.24, 2.45) is 29.6 Å². The van der Waals surface area contributed by atoms with Gasteiger partial charge in [-0.05, 0) is 42.4 Å². The highest BCUT2D eigenvalue weighted by Gasteiger charge is 2.34. The minimum absolute atomic E-state index is 0.736. The van der Waals surface area contributed by atoms with Crippen molar-refractivity contribution in [3.05, 3.63) is 24.3 Å². The smallest absolute Gasteiger partial charge is 0.00161 e. The first kappa shape index (κ1) is 11.0. The molecule has 0 aromatic rings. The lowest BCUT2D eigenvalue weighted by Crippen LogP contribution is -2.31. The summed E-state index contributed by atoms with van der Waals surface area (Å²) in [7, 11) is 0. The van der Waals surface area contributed by atoms with Gasteiger partial charge in [0.05, 0.1) is 0 Å². The van der Waals surface area contributed by atoms with Gasteiger partial charge in [0.15, 0.2) is 0 Å². The molecule has 1 fully saturated rings. The molecule has 3 atom stereocenters. The summed E-state index contributed by atoms with van der Waals surface area (Å²) < 4.78 is 0. The zero-order valence-corrected chi connectivity index (χ0v) is 10.3. The lowest BCUT2D eigenvalue weighted by atomic mass is 9.66. The Bertz CT molecular complexity index is 247. The van der Waals surface area contributed by atoms with Crippen molar-refractivity contribution in [2.45, 2.75) is 40.0 Å². The quantitative estimate of drug-likeness (QED) is 0.624. The zero-order valence-electron chi connectivity index (χ0n) is 10.3. The molecule has 0 nitrogen and oxygen atoms in total. The molecule has 84 valence electrons. The molecule has 0 saturated heterocycles. The summed E-state index contributed by atoms with van der Waals surface area (Å²) in [6.07, 6.45) is 13.6. The maximum atomic E-state index is 2.42. The monoisotopic (exact) mass is 204 g/mol.